The zero-order valence-corrected chi connectivity index (χ0v) is 9.01. The van der Waals surface area contributed by atoms with Crippen molar-refractivity contribution < 1.29 is 0 Å². The van der Waals surface area contributed by atoms with Crippen molar-refractivity contribution in [1.82, 2.24) is 15.0 Å². The molecule has 0 saturated carbocycles. The predicted molar refractivity (Wildman–Crippen MR) is 62.7 cm³/mol. The molecule has 2 aromatic rings. The third-order valence-electron chi connectivity index (χ3n) is 2.24. The largest absolute Gasteiger partial charge is 0.373 e. The van der Waals surface area contributed by atoms with Crippen LogP contribution in [0.3, 0.4) is 0 Å². The van der Waals surface area contributed by atoms with Crippen LogP contribution >= 0.6 is 0 Å². The molecule has 0 amide bonds. The lowest BCUT2D eigenvalue weighted by molar-refractivity contribution is 1.01. The van der Waals surface area contributed by atoms with E-state index in [1.807, 2.05) is 19.2 Å². The minimum Gasteiger partial charge on any atom is -0.373 e. The molecule has 0 aliphatic rings. The van der Waals surface area contributed by atoms with Gasteiger partial charge in [-0.25, -0.2) is 9.97 Å². The summed E-state index contributed by atoms with van der Waals surface area (Å²) in [7, 11) is 1.81. The molecule has 0 aliphatic heterocycles. The summed E-state index contributed by atoms with van der Waals surface area (Å²) < 4.78 is 0. The summed E-state index contributed by atoms with van der Waals surface area (Å²) in [6, 6.07) is 3.78. The second-order valence-electron chi connectivity index (χ2n) is 3.26. The van der Waals surface area contributed by atoms with E-state index in [4.69, 9.17) is 5.73 Å². The van der Waals surface area contributed by atoms with E-state index < -0.39 is 0 Å². The summed E-state index contributed by atoms with van der Waals surface area (Å²) in [5, 5.41) is 3.01. The number of hydrogen-bond donors (Lipinski definition) is 2. The van der Waals surface area contributed by atoms with Crippen LogP contribution in [0.4, 0.5) is 5.82 Å². The van der Waals surface area contributed by atoms with Gasteiger partial charge in [-0.1, -0.05) is 0 Å². The van der Waals surface area contributed by atoms with Gasteiger partial charge in [0.1, 0.15) is 5.82 Å². The smallest absolute Gasteiger partial charge is 0.163 e. The lowest BCUT2D eigenvalue weighted by Gasteiger charge is -2.07. The molecule has 0 spiro atoms. The highest BCUT2D eigenvalue weighted by molar-refractivity contribution is 5.57. The maximum atomic E-state index is 5.58. The van der Waals surface area contributed by atoms with Crippen LogP contribution in [0.5, 0.6) is 0 Å². The molecule has 0 aliphatic carbocycles. The van der Waals surface area contributed by atoms with E-state index in [9.17, 15) is 0 Å². The van der Waals surface area contributed by atoms with Crippen molar-refractivity contribution in [3.63, 3.8) is 0 Å². The van der Waals surface area contributed by atoms with Gasteiger partial charge in [0.2, 0.25) is 0 Å². The monoisotopic (exact) mass is 215 g/mol. The molecule has 0 aromatic carbocycles. The highest BCUT2D eigenvalue weighted by Crippen LogP contribution is 2.17. The lowest BCUT2D eigenvalue weighted by atomic mass is 10.2. The number of nitrogens with two attached hydrogens (primary N) is 1. The van der Waals surface area contributed by atoms with Crippen molar-refractivity contribution in [3.05, 3.63) is 36.3 Å². The summed E-state index contributed by atoms with van der Waals surface area (Å²) in [4.78, 5) is 12.7. The Bertz CT molecular complexity index is 469. The first-order valence-electron chi connectivity index (χ1n) is 4.99. The Morgan fingerprint density at radius 3 is 2.88 bits per heavy atom. The summed E-state index contributed by atoms with van der Waals surface area (Å²) in [5.41, 5.74) is 7.37. The summed E-state index contributed by atoms with van der Waals surface area (Å²) in [6.45, 7) is 0.420. The fraction of sp³-hybridized carbons (Fsp3) is 0.182. The van der Waals surface area contributed by atoms with E-state index in [-0.39, 0.29) is 0 Å². The molecule has 5 nitrogen and oxygen atoms in total. The molecule has 2 heterocycles. The molecule has 3 N–H and O–H groups in total. The molecular weight excluding hydrogens is 202 g/mol. The third kappa shape index (κ3) is 1.99. The van der Waals surface area contributed by atoms with Gasteiger partial charge in [-0.05, 0) is 12.1 Å². The van der Waals surface area contributed by atoms with Gasteiger partial charge in [-0.3, -0.25) is 4.98 Å². The first-order chi connectivity index (χ1) is 7.85. The lowest BCUT2D eigenvalue weighted by Crippen LogP contribution is -2.06. The molecular formula is C11H13N5. The van der Waals surface area contributed by atoms with Crippen molar-refractivity contribution >= 4 is 5.82 Å². The number of hydrogen-bond acceptors (Lipinski definition) is 5. The van der Waals surface area contributed by atoms with Crippen LogP contribution in [0.1, 0.15) is 5.56 Å². The molecule has 2 aromatic heterocycles. The first-order valence-corrected chi connectivity index (χ1v) is 4.99. The topological polar surface area (TPSA) is 76.7 Å². The molecule has 0 fully saturated rings. The number of anilines is 1. The van der Waals surface area contributed by atoms with Crippen molar-refractivity contribution in [2.24, 2.45) is 5.73 Å². The predicted octanol–water partition coefficient (Wildman–Crippen LogP) is 1.04. The Kier molecular flexibility index (Phi) is 3.07. The van der Waals surface area contributed by atoms with Crippen LogP contribution in [-0.4, -0.2) is 22.0 Å². The molecule has 82 valence electrons. The van der Waals surface area contributed by atoms with Gasteiger partial charge in [0.15, 0.2) is 5.82 Å². The number of nitrogens with zero attached hydrogens (tertiary/aromatic N) is 3. The van der Waals surface area contributed by atoms with Gasteiger partial charge in [0.05, 0.1) is 0 Å². The van der Waals surface area contributed by atoms with E-state index in [1.54, 1.807) is 18.6 Å². The SMILES string of the molecule is CNc1nc(-c2cccnc2)ncc1CN. The van der Waals surface area contributed by atoms with E-state index >= 15 is 0 Å². The Morgan fingerprint density at radius 2 is 2.25 bits per heavy atom. The van der Waals surface area contributed by atoms with Crippen LogP contribution in [0.25, 0.3) is 11.4 Å². The van der Waals surface area contributed by atoms with Gasteiger partial charge < -0.3 is 11.1 Å². The molecule has 16 heavy (non-hydrogen) atoms. The van der Waals surface area contributed by atoms with Crippen molar-refractivity contribution in [3.8, 4) is 11.4 Å². The van der Waals surface area contributed by atoms with Crippen LogP contribution in [-0.2, 0) is 6.54 Å². The van der Waals surface area contributed by atoms with Crippen LogP contribution in [0, 0.1) is 0 Å². The van der Waals surface area contributed by atoms with E-state index in [0.29, 0.717) is 12.4 Å². The number of aromatic nitrogens is 3. The fourth-order valence-electron chi connectivity index (χ4n) is 1.41. The maximum absolute atomic E-state index is 5.58. The Labute approximate surface area is 93.8 Å². The molecule has 0 unspecified atom stereocenters. The number of rotatable bonds is 3. The molecule has 0 atom stereocenters. The van der Waals surface area contributed by atoms with Gasteiger partial charge in [0, 0.05) is 43.3 Å². The zero-order chi connectivity index (χ0) is 11.4. The Balaban J connectivity index is 2.44. The minimum atomic E-state index is 0.420. The molecule has 5 heteroatoms. The van der Waals surface area contributed by atoms with Gasteiger partial charge >= 0.3 is 0 Å². The molecule has 0 bridgehead atoms. The van der Waals surface area contributed by atoms with E-state index in [0.717, 1.165) is 16.9 Å². The van der Waals surface area contributed by atoms with Crippen LogP contribution in [0.2, 0.25) is 0 Å². The zero-order valence-electron chi connectivity index (χ0n) is 9.01. The van der Waals surface area contributed by atoms with E-state index in [2.05, 4.69) is 20.3 Å². The highest BCUT2D eigenvalue weighted by Gasteiger charge is 2.06. The van der Waals surface area contributed by atoms with Crippen molar-refractivity contribution in [2.75, 3.05) is 12.4 Å². The van der Waals surface area contributed by atoms with E-state index in [1.165, 1.54) is 0 Å². The number of nitrogens with one attached hydrogen (secondary N) is 1. The third-order valence-corrected chi connectivity index (χ3v) is 2.24. The number of pyridine rings is 1. The maximum Gasteiger partial charge on any atom is 0.163 e. The Hall–Kier alpha value is -2.01. The van der Waals surface area contributed by atoms with Gasteiger partial charge in [-0.15, -0.1) is 0 Å². The molecule has 0 saturated heterocycles. The second-order valence-corrected chi connectivity index (χ2v) is 3.26. The highest BCUT2D eigenvalue weighted by atomic mass is 15.0. The normalized spacial score (nSPS) is 10.1. The van der Waals surface area contributed by atoms with Gasteiger partial charge in [0.25, 0.3) is 0 Å². The summed E-state index contributed by atoms with van der Waals surface area (Å²) in [6.07, 6.45) is 5.19. The van der Waals surface area contributed by atoms with Crippen LogP contribution in [0.15, 0.2) is 30.7 Å². The van der Waals surface area contributed by atoms with Gasteiger partial charge in [-0.2, -0.15) is 0 Å². The average molecular weight is 215 g/mol. The fourth-order valence-corrected chi connectivity index (χ4v) is 1.41. The standard InChI is InChI=1S/C11H13N5/c1-13-10-9(5-12)7-15-11(16-10)8-3-2-4-14-6-8/h2-4,6-7H,5,12H2,1H3,(H,13,15,16). The second kappa shape index (κ2) is 4.67. The molecule has 0 radical (unpaired) electrons. The first kappa shape index (κ1) is 10.5. The van der Waals surface area contributed by atoms with Crippen molar-refractivity contribution in [1.29, 1.82) is 0 Å². The Morgan fingerprint density at radius 1 is 1.38 bits per heavy atom. The summed E-state index contributed by atoms with van der Waals surface area (Å²) >= 11 is 0. The van der Waals surface area contributed by atoms with Crippen LogP contribution < -0.4 is 11.1 Å². The minimum absolute atomic E-state index is 0.420. The van der Waals surface area contributed by atoms with Crippen molar-refractivity contribution in [2.45, 2.75) is 6.54 Å². The molecule has 2 rings (SSSR count). The quantitative estimate of drug-likeness (QED) is 0.800. The average Bonchev–Trinajstić information content (AvgIpc) is 2.39. The summed E-state index contributed by atoms with van der Waals surface area (Å²) in [5.74, 6) is 1.41.